The van der Waals surface area contributed by atoms with Crippen LogP contribution in [-0.2, 0) is 23.0 Å². The third kappa shape index (κ3) is 6.23. The molecule has 0 saturated carbocycles. The van der Waals surface area contributed by atoms with Crippen molar-refractivity contribution in [1.82, 2.24) is 19.7 Å². The molecule has 9 heteroatoms. The summed E-state index contributed by atoms with van der Waals surface area (Å²) in [4.78, 5) is 17.6. The van der Waals surface area contributed by atoms with E-state index in [0.717, 1.165) is 37.4 Å². The molecule has 4 aromatic carbocycles. The number of carbonyl (C=O) groups is 1. The first-order valence-corrected chi connectivity index (χ1v) is 16.5. The summed E-state index contributed by atoms with van der Waals surface area (Å²) in [6, 6.07) is 29.2. The van der Waals surface area contributed by atoms with Gasteiger partial charge in [0.2, 0.25) is 5.91 Å². The second kappa shape index (κ2) is 11.9. The lowest BCUT2D eigenvalue weighted by Crippen LogP contribution is -2.14. The molecule has 0 fully saturated rings. The monoisotopic (exact) mass is 609 g/mol. The van der Waals surface area contributed by atoms with E-state index in [1.165, 1.54) is 33.7 Å². The molecule has 6 aromatic rings. The maximum absolute atomic E-state index is 12.8. The maximum Gasteiger partial charge on any atom is 0.234 e. The normalized spacial score (nSPS) is 11.8. The van der Waals surface area contributed by atoms with Crippen LogP contribution in [0.15, 0.2) is 94.4 Å². The second-order valence-corrected chi connectivity index (χ2v) is 14.3. The largest absolute Gasteiger partial charge is 0.325 e. The van der Waals surface area contributed by atoms with Crippen LogP contribution in [-0.4, -0.2) is 31.4 Å². The minimum Gasteiger partial charge on any atom is -0.325 e. The van der Waals surface area contributed by atoms with Gasteiger partial charge in [-0.2, -0.15) is 0 Å². The van der Waals surface area contributed by atoms with E-state index < -0.39 is 0 Å². The maximum atomic E-state index is 12.8. The molecule has 1 amide bonds. The topological polar surface area (TPSA) is 72.7 Å². The Hall–Kier alpha value is -3.66. The van der Waals surface area contributed by atoms with E-state index in [4.69, 9.17) is 4.98 Å². The fourth-order valence-corrected chi connectivity index (χ4v) is 7.56. The number of fused-ring (bicyclic) bond motifs is 2. The van der Waals surface area contributed by atoms with Crippen LogP contribution in [0.3, 0.4) is 0 Å². The first-order chi connectivity index (χ1) is 20.2. The molecule has 0 aliphatic carbocycles. The Bertz CT molecular complexity index is 1880. The van der Waals surface area contributed by atoms with Gasteiger partial charge in [-0.15, -0.1) is 21.5 Å². The highest BCUT2D eigenvalue weighted by molar-refractivity contribution is 8.00. The number of nitrogens with one attached hydrogen (secondary N) is 1. The van der Waals surface area contributed by atoms with E-state index in [-0.39, 0.29) is 17.1 Å². The summed E-state index contributed by atoms with van der Waals surface area (Å²) in [5, 5.41) is 15.0. The average molecular weight is 610 g/mol. The smallest absolute Gasteiger partial charge is 0.234 e. The quantitative estimate of drug-likeness (QED) is 0.174. The molecule has 1 N–H and O–H groups in total. The lowest BCUT2D eigenvalue weighted by Gasteiger charge is -2.19. The summed E-state index contributed by atoms with van der Waals surface area (Å²) in [7, 11) is 1.93. The van der Waals surface area contributed by atoms with Crippen molar-refractivity contribution in [3.63, 3.8) is 0 Å². The number of amides is 1. The number of rotatable bonds is 8. The molecule has 0 unspecified atom stereocenters. The summed E-state index contributed by atoms with van der Waals surface area (Å²) >= 11 is 4.77. The molecule has 0 spiro atoms. The molecule has 6 rings (SSSR count). The minimum atomic E-state index is -0.0894. The molecule has 2 aromatic heterocycles. The molecule has 2 heterocycles. The molecule has 0 aliphatic rings. The van der Waals surface area contributed by atoms with Crippen LogP contribution in [0.25, 0.3) is 32.4 Å². The highest BCUT2D eigenvalue weighted by atomic mass is 32.2. The van der Waals surface area contributed by atoms with E-state index >= 15 is 0 Å². The Labute approximate surface area is 258 Å². The third-order valence-electron chi connectivity index (χ3n) is 7.06. The molecule has 0 atom stereocenters. The molecule has 212 valence electrons. The van der Waals surface area contributed by atoms with Crippen LogP contribution < -0.4 is 5.32 Å². The standard InChI is InChI=1S/C33H31N5OS3/c1-33(2,3)24-14-12-22(13-15-24)30-36-37-31(38(30)4)40-20-29(39)34-25-16-17-27-28(18-25)42-32(35-27)41-19-23-10-7-9-21-8-5-6-11-26(21)23/h5-18H,19-20H2,1-4H3,(H,34,39). The number of hydrogen-bond acceptors (Lipinski definition) is 7. The van der Waals surface area contributed by atoms with Crippen molar-refractivity contribution in [3.05, 3.63) is 96.1 Å². The zero-order chi connectivity index (χ0) is 29.3. The lowest BCUT2D eigenvalue weighted by molar-refractivity contribution is -0.113. The van der Waals surface area contributed by atoms with Gasteiger partial charge in [0.1, 0.15) is 0 Å². The molecular formula is C33H31N5OS3. The van der Waals surface area contributed by atoms with E-state index in [9.17, 15) is 4.79 Å². The molecule has 0 radical (unpaired) electrons. The Morgan fingerprint density at radius 2 is 1.71 bits per heavy atom. The SMILES string of the molecule is Cn1c(SCC(=O)Nc2ccc3nc(SCc4cccc5ccccc45)sc3c2)nnc1-c1ccc(C(C)(C)C)cc1. The zero-order valence-electron chi connectivity index (χ0n) is 23.9. The van der Waals surface area contributed by atoms with Crippen LogP contribution in [0, 0.1) is 0 Å². The number of hydrogen-bond donors (Lipinski definition) is 1. The van der Waals surface area contributed by atoms with Crippen molar-refractivity contribution in [2.45, 2.75) is 41.4 Å². The predicted octanol–water partition coefficient (Wildman–Crippen LogP) is 8.57. The van der Waals surface area contributed by atoms with Crippen LogP contribution in [0.5, 0.6) is 0 Å². The molecule has 42 heavy (non-hydrogen) atoms. The summed E-state index contributed by atoms with van der Waals surface area (Å²) in [5.41, 5.74) is 5.37. The van der Waals surface area contributed by atoms with Gasteiger partial charge in [-0.3, -0.25) is 4.79 Å². The molecule has 6 nitrogen and oxygen atoms in total. The first kappa shape index (κ1) is 28.5. The average Bonchev–Trinajstić information content (AvgIpc) is 3.56. The van der Waals surface area contributed by atoms with E-state index in [0.29, 0.717) is 5.16 Å². The van der Waals surface area contributed by atoms with E-state index in [1.54, 1.807) is 23.1 Å². The fraction of sp³-hybridized carbons (Fsp3) is 0.212. The minimum absolute atomic E-state index is 0.0894. The van der Waals surface area contributed by atoms with Gasteiger partial charge in [0.05, 0.1) is 16.0 Å². The van der Waals surface area contributed by atoms with Crippen molar-refractivity contribution in [3.8, 4) is 11.4 Å². The lowest BCUT2D eigenvalue weighted by atomic mass is 9.87. The number of aromatic nitrogens is 4. The second-order valence-electron chi connectivity index (χ2n) is 11.1. The van der Waals surface area contributed by atoms with Crippen molar-refractivity contribution in [2.75, 3.05) is 11.1 Å². The summed E-state index contributed by atoms with van der Waals surface area (Å²) in [6.07, 6.45) is 0. The zero-order valence-corrected chi connectivity index (χ0v) is 26.4. The molecule has 0 bridgehead atoms. The van der Waals surface area contributed by atoms with Gasteiger partial charge >= 0.3 is 0 Å². The first-order valence-electron chi connectivity index (χ1n) is 13.7. The van der Waals surface area contributed by atoms with Crippen LogP contribution in [0.4, 0.5) is 5.69 Å². The highest BCUT2D eigenvalue weighted by Gasteiger charge is 2.16. The van der Waals surface area contributed by atoms with Gasteiger partial charge in [0.25, 0.3) is 0 Å². The van der Waals surface area contributed by atoms with Crippen molar-refractivity contribution >= 4 is 67.4 Å². The van der Waals surface area contributed by atoms with Crippen molar-refractivity contribution in [2.24, 2.45) is 7.05 Å². The van der Waals surface area contributed by atoms with Crippen molar-refractivity contribution < 1.29 is 4.79 Å². The van der Waals surface area contributed by atoms with Gasteiger partial charge in [0.15, 0.2) is 15.3 Å². The Morgan fingerprint density at radius 3 is 2.52 bits per heavy atom. The molecule has 0 saturated heterocycles. The molecular weight excluding hydrogens is 579 g/mol. The van der Waals surface area contributed by atoms with Gasteiger partial charge in [0, 0.05) is 24.1 Å². The summed E-state index contributed by atoms with van der Waals surface area (Å²) in [5.74, 6) is 1.78. The van der Waals surface area contributed by atoms with Crippen molar-refractivity contribution in [1.29, 1.82) is 0 Å². The number of anilines is 1. The highest BCUT2D eigenvalue weighted by Crippen LogP contribution is 2.34. The van der Waals surface area contributed by atoms with Crippen LogP contribution in [0.2, 0.25) is 0 Å². The van der Waals surface area contributed by atoms with Crippen LogP contribution >= 0.6 is 34.9 Å². The summed E-state index contributed by atoms with van der Waals surface area (Å²) in [6.45, 7) is 6.60. The molecule has 0 aliphatic heterocycles. The van der Waals surface area contributed by atoms with Gasteiger partial charge < -0.3 is 9.88 Å². The Balaban J connectivity index is 1.07. The number of thiazole rings is 1. The van der Waals surface area contributed by atoms with Gasteiger partial charge in [-0.1, -0.05) is 111 Å². The summed E-state index contributed by atoms with van der Waals surface area (Å²) < 4.78 is 4.00. The predicted molar refractivity (Wildman–Crippen MR) is 178 cm³/mol. The Kier molecular flexibility index (Phi) is 8.07. The number of carbonyl (C=O) groups excluding carboxylic acids is 1. The van der Waals surface area contributed by atoms with Crippen LogP contribution in [0.1, 0.15) is 31.9 Å². The Morgan fingerprint density at radius 1 is 0.929 bits per heavy atom. The number of benzene rings is 4. The van der Waals surface area contributed by atoms with Gasteiger partial charge in [-0.05, 0) is 45.5 Å². The van der Waals surface area contributed by atoms with E-state index in [1.807, 2.05) is 29.8 Å². The fourth-order valence-electron chi connectivity index (χ4n) is 4.74. The van der Waals surface area contributed by atoms with E-state index in [2.05, 4.69) is 103 Å². The third-order valence-corrected chi connectivity index (χ3v) is 10.3. The number of nitrogens with zero attached hydrogens (tertiary/aromatic N) is 4. The van der Waals surface area contributed by atoms with Gasteiger partial charge in [-0.25, -0.2) is 4.98 Å². The number of thioether (sulfide) groups is 2.